The van der Waals surface area contributed by atoms with Crippen LogP contribution in [0.4, 0.5) is 0 Å². The van der Waals surface area contributed by atoms with Crippen molar-refractivity contribution >= 4 is 17.2 Å². The average molecular weight is 238 g/mol. The van der Waals surface area contributed by atoms with Crippen molar-refractivity contribution in [3.63, 3.8) is 0 Å². The van der Waals surface area contributed by atoms with E-state index in [1.807, 2.05) is 12.3 Å². The summed E-state index contributed by atoms with van der Waals surface area (Å²) >= 11 is 1.67. The van der Waals surface area contributed by atoms with E-state index in [1.54, 1.807) is 11.3 Å². The van der Waals surface area contributed by atoms with Crippen LogP contribution in [0.25, 0.3) is 0 Å². The number of thiazole rings is 1. The molecule has 0 unspecified atom stereocenters. The molecule has 1 amide bonds. The van der Waals surface area contributed by atoms with E-state index in [9.17, 15) is 4.79 Å². The summed E-state index contributed by atoms with van der Waals surface area (Å²) in [6, 6.07) is 0.0460. The third-order valence-electron chi connectivity index (χ3n) is 3.15. The number of aromatic nitrogens is 1. The van der Waals surface area contributed by atoms with Crippen LogP contribution in [0.15, 0.2) is 5.38 Å². The van der Waals surface area contributed by atoms with Gasteiger partial charge >= 0.3 is 0 Å². The Bertz CT molecular complexity index is 371. The number of rotatable bonds is 4. The number of nitrogens with one attached hydrogen (secondary N) is 1. The molecule has 1 heterocycles. The Morgan fingerprint density at radius 1 is 1.69 bits per heavy atom. The molecule has 0 spiro atoms. The van der Waals surface area contributed by atoms with Gasteiger partial charge in [0.1, 0.15) is 0 Å². The molecular formula is C12H18N2OS. The zero-order valence-corrected chi connectivity index (χ0v) is 10.6. The van der Waals surface area contributed by atoms with Crippen molar-refractivity contribution in [2.45, 2.75) is 45.6 Å². The molecule has 1 fully saturated rings. The van der Waals surface area contributed by atoms with Gasteiger partial charge in [-0.2, -0.15) is 0 Å². The maximum atomic E-state index is 11.7. The minimum atomic E-state index is 0.0460. The summed E-state index contributed by atoms with van der Waals surface area (Å²) in [5.74, 6) is 0.455. The van der Waals surface area contributed by atoms with E-state index in [2.05, 4.69) is 17.2 Å². The summed E-state index contributed by atoms with van der Waals surface area (Å²) in [4.78, 5) is 16.2. The Morgan fingerprint density at radius 3 is 2.94 bits per heavy atom. The van der Waals surface area contributed by atoms with E-state index < -0.39 is 0 Å². The number of hydrogen-bond acceptors (Lipinski definition) is 3. The molecule has 1 aromatic heterocycles. The minimum Gasteiger partial charge on any atom is -0.348 e. The number of carbonyl (C=O) groups excluding carboxylic acids is 1. The Balaban J connectivity index is 1.91. The van der Waals surface area contributed by atoms with Crippen molar-refractivity contribution in [3.05, 3.63) is 16.1 Å². The first-order chi connectivity index (χ1) is 7.70. The van der Waals surface area contributed by atoms with E-state index >= 15 is 0 Å². The van der Waals surface area contributed by atoms with Crippen molar-refractivity contribution in [2.75, 3.05) is 0 Å². The normalized spacial score (nSPS) is 17.9. The highest BCUT2D eigenvalue weighted by atomic mass is 32.1. The molecule has 4 heteroatoms. The predicted molar refractivity (Wildman–Crippen MR) is 65.4 cm³/mol. The molecule has 0 radical (unpaired) electrons. The van der Waals surface area contributed by atoms with Gasteiger partial charge in [0.25, 0.3) is 0 Å². The molecular weight excluding hydrogens is 220 g/mol. The van der Waals surface area contributed by atoms with Crippen molar-refractivity contribution in [1.29, 1.82) is 0 Å². The van der Waals surface area contributed by atoms with E-state index in [0.29, 0.717) is 0 Å². The molecule has 88 valence electrons. The molecule has 0 saturated heterocycles. The van der Waals surface area contributed by atoms with Gasteiger partial charge in [-0.1, -0.05) is 13.3 Å². The Labute approximate surface area is 100 Å². The van der Waals surface area contributed by atoms with Crippen LogP contribution in [-0.2, 0) is 11.2 Å². The highest BCUT2D eigenvalue weighted by Crippen LogP contribution is 2.27. The van der Waals surface area contributed by atoms with Gasteiger partial charge in [0.05, 0.1) is 16.7 Å². The standard InChI is InChI=1S/C12H18N2OS/c1-3-11-14-10(7-16-11)8(2)13-12(15)9-5-4-6-9/h7-9H,3-6H2,1-2H3,(H,13,15)/t8-/m0/s1. The van der Waals surface area contributed by atoms with Gasteiger partial charge < -0.3 is 5.32 Å². The Hall–Kier alpha value is -0.900. The smallest absolute Gasteiger partial charge is 0.223 e. The van der Waals surface area contributed by atoms with Gasteiger partial charge in [0.2, 0.25) is 5.91 Å². The van der Waals surface area contributed by atoms with Gasteiger partial charge in [0.15, 0.2) is 0 Å². The molecule has 1 N–H and O–H groups in total. The first kappa shape index (κ1) is 11.6. The number of nitrogens with zero attached hydrogens (tertiary/aromatic N) is 1. The lowest BCUT2D eigenvalue weighted by atomic mass is 9.84. The topological polar surface area (TPSA) is 42.0 Å². The second kappa shape index (κ2) is 4.95. The molecule has 1 aromatic rings. The Morgan fingerprint density at radius 2 is 2.44 bits per heavy atom. The third kappa shape index (κ3) is 2.43. The van der Waals surface area contributed by atoms with Crippen LogP contribution in [0.1, 0.15) is 49.9 Å². The van der Waals surface area contributed by atoms with Gasteiger partial charge in [-0.25, -0.2) is 4.98 Å². The summed E-state index contributed by atoms with van der Waals surface area (Å²) in [5, 5.41) is 6.23. The number of carbonyl (C=O) groups is 1. The number of hydrogen-bond donors (Lipinski definition) is 1. The molecule has 2 rings (SSSR count). The Kier molecular flexibility index (Phi) is 3.59. The number of amides is 1. The maximum absolute atomic E-state index is 11.7. The zero-order chi connectivity index (χ0) is 11.5. The molecule has 1 saturated carbocycles. The van der Waals surface area contributed by atoms with Crippen molar-refractivity contribution in [3.8, 4) is 0 Å². The monoisotopic (exact) mass is 238 g/mol. The SMILES string of the molecule is CCc1nc([C@H](C)NC(=O)C2CCC2)cs1. The van der Waals surface area contributed by atoms with Crippen LogP contribution in [-0.4, -0.2) is 10.9 Å². The lowest BCUT2D eigenvalue weighted by Gasteiger charge is -2.25. The molecule has 0 aliphatic heterocycles. The van der Waals surface area contributed by atoms with Crippen molar-refractivity contribution < 1.29 is 4.79 Å². The molecule has 1 aliphatic carbocycles. The molecule has 1 aliphatic rings. The second-order valence-electron chi connectivity index (χ2n) is 4.38. The fourth-order valence-electron chi connectivity index (χ4n) is 1.76. The summed E-state index contributed by atoms with van der Waals surface area (Å²) < 4.78 is 0. The van der Waals surface area contributed by atoms with E-state index in [-0.39, 0.29) is 17.9 Å². The fraction of sp³-hybridized carbons (Fsp3) is 0.667. The highest BCUT2D eigenvalue weighted by molar-refractivity contribution is 7.09. The lowest BCUT2D eigenvalue weighted by Crippen LogP contribution is -2.36. The van der Waals surface area contributed by atoms with Crippen LogP contribution in [0.2, 0.25) is 0 Å². The first-order valence-corrected chi connectivity index (χ1v) is 6.83. The van der Waals surface area contributed by atoms with E-state index in [4.69, 9.17) is 0 Å². The quantitative estimate of drug-likeness (QED) is 0.876. The van der Waals surface area contributed by atoms with Crippen LogP contribution < -0.4 is 5.32 Å². The number of aryl methyl sites for hydroxylation is 1. The predicted octanol–water partition coefficient (Wildman–Crippen LogP) is 2.68. The highest BCUT2D eigenvalue weighted by Gasteiger charge is 2.26. The fourth-order valence-corrected chi connectivity index (χ4v) is 2.60. The molecule has 1 atom stereocenters. The maximum Gasteiger partial charge on any atom is 0.223 e. The first-order valence-electron chi connectivity index (χ1n) is 5.95. The average Bonchev–Trinajstić information content (AvgIpc) is 2.62. The molecule has 0 aromatic carbocycles. The summed E-state index contributed by atoms with van der Waals surface area (Å²) in [6.07, 6.45) is 4.27. The van der Waals surface area contributed by atoms with Gasteiger partial charge in [-0.3, -0.25) is 4.79 Å². The summed E-state index contributed by atoms with van der Waals surface area (Å²) in [5.41, 5.74) is 0.995. The minimum absolute atomic E-state index is 0.0460. The summed E-state index contributed by atoms with van der Waals surface area (Å²) in [7, 11) is 0. The largest absolute Gasteiger partial charge is 0.348 e. The lowest BCUT2D eigenvalue weighted by molar-refractivity contribution is -0.128. The van der Waals surface area contributed by atoms with Gasteiger partial charge in [-0.05, 0) is 26.2 Å². The molecule has 3 nitrogen and oxygen atoms in total. The van der Waals surface area contributed by atoms with Gasteiger partial charge in [-0.15, -0.1) is 11.3 Å². The van der Waals surface area contributed by atoms with Crippen LogP contribution >= 0.6 is 11.3 Å². The van der Waals surface area contributed by atoms with Crippen LogP contribution in [0.5, 0.6) is 0 Å². The molecule has 16 heavy (non-hydrogen) atoms. The van der Waals surface area contributed by atoms with Crippen molar-refractivity contribution in [1.82, 2.24) is 10.3 Å². The third-order valence-corrected chi connectivity index (χ3v) is 4.16. The van der Waals surface area contributed by atoms with E-state index in [0.717, 1.165) is 30.0 Å². The van der Waals surface area contributed by atoms with E-state index in [1.165, 1.54) is 6.42 Å². The van der Waals surface area contributed by atoms with Gasteiger partial charge in [0, 0.05) is 11.3 Å². The summed E-state index contributed by atoms with van der Waals surface area (Å²) in [6.45, 7) is 4.10. The molecule has 0 bridgehead atoms. The van der Waals surface area contributed by atoms with Crippen molar-refractivity contribution in [2.24, 2.45) is 5.92 Å². The zero-order valence-electron chi connectivity index (χ0n) is 9.82. The second-order valence-corrected chi connectivity index (χ2v) is 5.32. The van der Waals surface area contributed by atoms with Crippen LogP contribution in [0.3, 0.4) is 0 Å². The van der Waals surface area contributed by atoms with Crippen LogP contribution in [0, 0.1) is 5.92 Å².